The molecule has 2 aromatic rings. The SMILES string of the molecule is CNc1cc(-c2ccc(N3CCOCC3)cc2)c(F)cc1N1CCN(C)C(C)C1. The summed E-state index contributed by atoms with van der Waals surface area (Å²) in [6.07, 6.45) is 0. The van der Waals surface area contributed by atoms with E-state index in [2.05, 4.69) is 46.1 Å². The van der Waals surface area contributed by atoms with Gasteiger partial charge in [-0.25, -0.2) is 4.39 Å². The molecule has 1 N–H and O–H groups in total. The molecule has 0 amide bonds. The minimum absolute atomic E-state index is 0.176. The molecule has 2 aliphatic heterocycles. The van der Waals surface area contributed by atoms with Crippen LogP contribution in [0.4, 0.5) is 21.5 Å². The van der Waals surface area contributed by atoms with Gasteiger partial charge in [-0.2, -0.15) is 0 Å². The van der Waals surface area contributed by atoms with E-state index >= 15 is 4.39 Å². The summed E-state index contributed by atoms with van der Waals surface area (Å²) in [6, 6.07) is 12.3. The van der Waals surface area contributed by atoms with E-state index in [9.17, 15) is 0 Å². The highest BCUT2D eigenvalue weighted by molar-refractivity contribution is 5.79. The monoisotopic (exact) mass is 398 g/mol. The molecule has 0 spiro atoms. The zero-order chi connectivity index (χ0) is 20.4. The number of anilines is 3. The first kappa shape index (κ1) is 20.0. The van der Waals surface area contributed by atoms with E-state index in [1.165, 1.54) is 0 Å². The Morgan fingerprint density at radius 2 is 1.72 bits per heavy atom. The lowest BCUT2D eigenvalue weighted by Crippen LogP contribution is -2.50. The molecule has 29 heavy (non-hydrogen) atoms. The normalized spacial score (nSPS) is 20.8. The van der Waals surface area contributed by atoms with Crippen LogP contribution < -0.4 is 15.1 Å². The van der Waals surface area contributed by atoms with Crippen molar-refractivity contribution in [3.63, 3.8) is 0 Å². The van der Waals surface area contributed by atoms with Crippen LogP contribution in [0.5, 0.6) is 0 Å². The van der Waals surface area contributed by atoms with E-state index in [1.54, 1.807) is 6.07 Å². The van der Waals surface area contributed by atoms with Crippen LogP contribution in [0.3, 0.4) is 0 Å². The lowest BCUT2D eigenvalue weighted by molar-refractivity contribution is 0.122. The molecule has 0 radical (unpaired) electrons. The maximum absolute atomic E-state index is 15.1. The van der Waals surface area contributed by atoms with Gasteiger partial charge in [0.2, 0.25) is 0 Å². The molecular formula is C23H31FN4O. The molecule has 0 bridgehead atoms. The van der Waals surface area contributed by atoms with Gasteiger partial charge in [-0.15, -0.1) is 0 Å². The highest BCUT2D eigenvalue weighted by Crippen LogP contribution is 2.35. The van der Waals surface area contributed by atoms with Crippen molar-refractivity contribution >= 4 is 17.1 Å². The van der Waals surface area contributed by atoms with Crippen molar-refractivity contribution in [2.75, 3.05) is 75.1 Å². The third-order valence-corrected chi connectivity index (χ3v) is 6.21. The second kappa shape index (κ2) is 8.59. The number of ether oxygens (including phenoxy) is 1. The van der Waals surface area contributed by atoms with Crippen molar-refractivity contribution in [1.29, 1.82) is 0 Å². The zero-order valence-electron chi connectivity index (χ0n) is 17.6. The molecule has 2 heterocycles. The number of halogens is 1. The Balaban J connectivity index is 1.59. The minimum atomic E-state index is -0.176. The van der Waals surface area contributed by atoms with Crippen LogP contribution in [0.2, 0.25) is 0 Å². The Hall–Kier alpha value is -2.31. The number of nitrogens with zero attached hydrogens (tertiary/aromatic N) is 3. The van der Waals surface area contributed by atoms with Crippen molar-refractivity contribution in [3.8, 4) is 11.1 Å². The fourth-order valence-electron chi connectivity index (χ4n) is 4.19. The third-order valence-electron chi connectivity index (χ3n) is 6.21. The van der Waals surface area contributed by atoms with Crippen molar-refractivity contribution in [1.82, 2.24) is 4.90 Å². The van der Waals surface area contributed by atoms with E-state index in [0.29, 0.717) is 11.6 Å². The average Bonchev–Trinajstić information content (AvgIpc) is 2.76. The molecule has 6 heteroatoms. The number of morpholine rings is 1. The molecule has 156 valence electrons. The Morgan fingerprint density at radius 1 is 1.00 bits per heavy atom. The summed E-state index contributed by atoms with van der Waals surface area (Å²) in [5, 5.41) is 3.28. The lowest BCUT2D eigenvalue weighted by Gasteiger charge is -2.39. The third kappa shape index (κ3) is 4.19. The van der Waals surface area contributed by atoms with Gasteiger partial charge >= 0.3 is 0 Å². The number of benzene rings is 2. The van der Waals surface area contributed by atoms with Crippen LogP contribution in [0, 0.1) is 5.82 Å². The Labute approximate surface area is 173 Å². The Morgan fingerprint density at radius 3 is 2.38 bits per heavy atom. The molecule has 0 aromatic heterocycles. The van der Waals surface area contributed by atoms with Gasteiger partial charge in [0.25, 0.3) is 0 Å². The van der Waals surface area contributed by atoms with Crippen molar-refractivity contribution in [2.45, 2.75) is 13.0 Å². The second-order valence-electron chi connectivity index (χ2n) is 8.02. The minimum Gasteiger partial charge on any atom is -0.386 e. The summed E-state index contributed by atoms with van der Waals surface area (Å²) < 4.78 is 20.6. The maximum atomic E-state index is 15.1. The van der Waals surface area contributed by atoms with Gasteiger partial charge in [-0.1, -0.05) is 12.1 Å². The van der Waals surface area contributed by atoms with Crippen LogP contribution in [0.1, 0.15) is 6.92 Å². The van der Waals surface area contributed by atoms with Crippen LogP contribution in [0.15, 0.2) is 36.4 Å². The summed E-state index contributed by atoms with van der Waals surface area (Å²) >= 11 is 0. The number of hydrogen-bond donors (Lipinski definition) is 1. The predicted octanol–water partition coefficient (Wildman–Crippen LogP) is 3.51. The first-order valence-corrected chi connectivity index (χ1v) is 10.5. The summed E-state index contributed by atoms with van der Waals surface area (Å²) in [4.78, 5) is 6.93. The van der Waals surface area contributed by atoms with Gasteiger partial charge in [-0.05, 0) is 43.8 Å². The van der Waals surface area contributed by atoms with E-state index < -0.39 is 0 Å². The van der Waals surface area contributed by atoms with Crippen molar-refractivity contribution in [2.24, 2.45) is 0 Å². The lowest BCUT2D eigenvalue weighted by atomic mass is 10.0. The number of hydrogen-bond acceptors (Lipinski definition) is 5. The number of nitrogens with one attached hydrogen (secondary N) is 1. The summed E-state index contributed by atoms with van der Waals surface area (Å²) in [5.41, 5.74) is 4.60. The van der Waals surface area contributed by atoms with E-state index in [4.69, 9.17) is 4.74 Å². The number of rotatable bonds is 4. The molecule has 0 saturated carbocycles. The maximum Gasteiger partial charge on any atom is 0.133 e. The largest absolute Gasteiger partial charge is 0.386 e. The standard InChI is InChI=1S/C23H31FN4O/c1-17-16-28(9-8-26(17)3)23-15-21(24)20(14-22(23)25-2)18-4-6-19(7-5-18)27-10-12-29-13-11-27/h4-7,14-15,17,25H,8-13,16H2,1-3H3. The van der Waals surface area contributed by atoms with Crippen molar-refractivity contribution in [3.05, 3.63) is 42.2 Å². The average molecular weight is 399 g/mol. The van der Waals surface area contributed by atoms with Gasteiger partial charge in [0.1, 0.15) is 5.82 Å². The molecular weight excluding hydrogens is 367 g/mol. The highest BCUT2D eigenvalue weighted by atomic mass is 19.1. The van der Waals surface area contributed by atoms with Crippen LogP contribution in [-0.2, 0) is 4.74 Å². The van der Waals surface area contributed by atoms with Crippen LogP contribution in [-0.4, -0.2) is 71.0 Å². The van der Waals surface area contributed by atoms with Crippen LogP contribution in [0.25, 0.3) is 11.1 Å². The zero-order valence-corrected chi connectivity index (χ0v) is 17.6. The number of piperazine rings is 1. The molecule has 2 saturated heterocycles. The Bertz CT molecular complexity index is 836. The van der Waals surface area contributed by atoms with E-state index in [0.717, 1.165) is 68.6 Å². The fourth-order valence-corrected chi connectivity index (χ4v) is 4.19. The molecule has 1 unspecified atom stereocenters. The molecule has 2 fully saturated rings. The smallest absolute Gasteiger partial charge is 0.133 e. The quantitative estimate of drug-likeness (QED) is 0.852. The van der Waals surface area contributed by atoms with E-state index in [1.807, 2.05) is 25.2 Å². The van der Waals surface area contributed by atoms with Crippen molar-refractivity contribution < 1.29 is 9.13 Å². The fraction of sp³-hybridized carbons (Fsp3) is 0.478. The van der Waals surface area contributed by atoms with Gasteiger partial charge in [0.15, 0.2) is 0 Å². The first-order valence-electron chi connectivity index (χ1n) is 10.5. The first-order chi connectivity index (χ1) is 14.1. The molecule has 0 aliphatic carbocycles. The predicted molar refractivity (Wildman–Crippen MR) is 119 cm³/mol. The molecule has 1 atom stereocenters. The van der Waals surface area contributed by atoms with Gasteiger partial charge < -0.3 is 24.8 Å². The number of likely N-dealkylation sites (N-methyl/N-ethyl adjacent to an activating group) is 1. The molecule has 4 rings (SSSR count). The van der Waals surface area contributed by atoms with Crippen LogP contribution >= 0.6 is 0 Å². The molecule has 5 nitrogen and oxygen atoms in total. The second-order valence-corrected chi connectivity index (χ2v) is 8.02. The summed E-state index contributed by atoms with van der Waals surface area (Å²) in [7, 11) is 4.05. The highest BCUT2D eigenvalue weighted by Gasteiger charge is 2.24. The molecule has 2 aromatic carbocycles. The van der Waals surface area contributed by atoms with Gasteiger partial charge in [-0.3, -0.25) is 0 Å². The summed E-state index contributed by atoms with van der Waals surface area (Å²) in [6.45, 7) is 8.32. The van der Waals surface area contributed by atoms with Gasteiger partial charge in [0, 0.05) is 57.1 Å². The Kier molecular flexibility index (Phi) is 5.92. The topological polar surface area (TPSA) is 31.0 Å². The summed E-state index contributed by atoms with van der Waals surface area (Å²) in [5.74, 6) is -0.176. The molecule has 2 aliphatic rings. The van der Waals surface area contributed by atoms with Gasteiger partial charge in [0.05, 0.1) is 24.6 Å². The van der Waals surface area contributed by atoms with E-state index in [-0.39, 0.29) is 5.82 Å².